The molecule has 0 spiro atoms. The Bertz CT molecular complexity index is 1120. The zero-order chi connectivity index (χ0) is 23.9. The third-order valence-electron chi connectivity index (χ3n) is 7.72. The van der Waals surface area contributed by atoms with Crippen molar-refractivity contribution in [3.8, 4) is 0 Å². The zero-order valence-corrected chi connectivity index (χ0v) is 19.3. The van der Waals surface area contributed by atoms with Gasteiger partial charge in [0.25, 0.3) is 11.8 Å². The number of carbonyl (C=O) groups excluding carboxylic acids is 2. The minimum Gasteiger partial charge on any atom is -0.338 e. The van der Waals surface area contributed by atoms with Gasteiger partial charge in [0, 0.05) is 44.1 Å². The van der Waals surface area contributed by atoms with Crippen molar-refractivity contribution in [1.82, 2.24) is 4.90 Å². The summed E-state index contributed by atoms with van der Waals surface area (Å²) in [5, 5.41) is 0. The third-order valence-corrected chi connectivity index (χ3v) is 7.72. The predicted octanol–water partition coefficient (Wildman–Crippen LogP) is 4.94. The van der Waals surface area contributed by atoms with Gasteiger partial charge in [0.2, 0.25) is 7.28 Å². The van der Waals surface area contributed by atoms with E-state index in [-0.39, 0.29) is 29.6 Å². The van der Waals surface area contributed by atoms with E-state index in [1.54, 1.807) is 31.6 Å². The van der Waals surface area contributed by atoms with Gasteiger partial charge in [-0.2, -0.15) is 0 Å². The Balaban J connectivity index is 1.25. The van der Waals surface area contributed by atoms with Crippen molar-refractivity contribution in [2.75, 3.05) is 13.1 Å². The lowest BCUT2D eigenvalue weighted by molar-refractivity contribution is -0.125. The summed E-state index contributed by atoms with van der Waals surface area (Å²) in [6.45, 7) is 2.32. The van der Waals surface area contributed by atoms with Crippen molar-refractivity contribution in [3.05, 3.63) is 65.3 Å². The molecule has 2 unspecified atom stereocenters. The lowest BCUT2D eigenvalue weighted by atomic mass is 9.73. The largest absolute Gasteiger partial charge is 0.338 e. The monoisotopic (exact) mass is 461 g/mol. The first-order valence-corrected chi connectivity index (χ1v) is 12.1. The average molecular weight is 461 g/mol. The maximum absolute atomic E-state index is 14.1. The van der Waals surface area contributed by atoms with Gasteiger partial charge >= 0.3 is 0 Å². The van der Waals surface area contributed by atoms with Crippen molar-refractivity contribution in [3.63, 3.8) is 0 Å². The summed E-state index contributed by atoms with van der Waals surface area (Å²) in [6.07, 6.45) is 8.56. The highest BCUT2D eigenvalue weighted by Crippen LogP contribution is 2.44. The van der Waals surface area contributed by atoms with Gasteiger partial charge in [-0.25, -0.2) is 8.78 Å². The van der Waals surface area contributed by atoms with E-state index in [0.717, 1.165) is 37.3 Å². The van der Waals surface area contributed by atoms with Gasteiger partial charge < -0.3 is 4.90 Å². The normalized spacial score (nSPS) is 25.3. The van der Waals surface area contributed by atoms with Gasteiger partial charge in [-0.1, -0.05) is 42.4 Å². The summed E-state index contributed by atoms with van der Waals surface area (Å²) in [5.41, 5.74) is 2.88. The molecule has 0 N–H and O–H groups in total. The molecule has 175 valence electrons. The topological polar surface area (TPSA) is 49.7 Å². The molecule has 1 aromatic carbocycles. The van der Waals surface area contributed by atoms with Crippen LogP contribution < -0.4 is 0 Å². The van der Waals surface area contributed by atoms with E-state index in [2.05, 4.69) is 4.99 Å². The second kappa shape index (κ2) is 9.08. The highest BCUT2D eigenvalue weighted by atomic mass is 19.3. The standard InChI is InChI=1S/C27H28BF2N2O2/c1-27(29,30)23-7-3-6-21(23)18-4-2-5-19(14-18)22-15-20(16-24(22)33)17-8-12-32(13-9-17)26(34)25-28-10-11-31-25/h2-6,10-11,14,17,20,22H,7-9,12-13,15-16H2,1H3. The number of halogens is 2. The van der Waals surface area contributed by atoms with Crippen LogP contribution in [0.5, 0.6) is 0 Å². The number of carbonyl (C=O) groups is 2. The van der Waals surface area contributed by atoms with Crippen LogP contribution in [0, 0.1) is 11.8 Å². The molecule has 4 nitrogen and oxygen atoms in total. The summed E-state index contributed by atoms with van der Waals surface area (Å²) in [4.78, 5) is 31.5. The molecule has 1 amide bonds. The molecule has 0 aromatic heterocycles. The molecule has 34 heavy (non-hydrogen) atoms. The number of alkyl halides is 2. The molecule has 2 aliphatic heterocycles. The summed E-state index contributed by atoms with van der Waals surface area (Å²) in [5.74, 6) is -0.344. The molecule has 1 aromatic rings. The molecular weight excluding hydrogens is 433 g/mol. The Morgan fingerprint density at radius 1 is 1.21 bits per heavy atom. The van der Waals surface area contributed by atoms with Crippen LogP contribution in [-0.2, 0) is 9.59 Å². The second-order valence-corrected chi connectivity index (χ2v) is 9.88. The Hall–Kier alpha value is -2.83. The maximum atomic E-state index is 14.1. The lowest BCUT2D eigenvalue weighted by Gasteiger charge is -2.34. The van der Waals surface area contributed by atoms with Crippen molar-refractivity contribution < 1.29 is 18.4 Å². The average Bonchev–Trinajstić information content (AvgIpc) is 3.59. The first-order valence-electron chi connectivity index (χ1n) is 12.1. The Morgan fingerprint density at radius 3 is 2.71 bits per heavy atom. The highest BCUT2D eigenvalue weighted by Gasteiger charge is 2.39. The van der Waals surface area contributed by atoms with Crippen LogP contribution in [-0.4, -0.2) is 48.5 Å². The van der Waals surface area contributed by atoms with Crippen molar-refractivity contribution in [2.24, 2.45) is 16.8 Å². The molecule has 2 fully saturated rings. The summed E-state index contributed by atoms with van der Waals surface area (Å²) in [6, 6.07) is 7.60. The van der Waals surface area contributed by atoms with Gasteiger partial charge in [0.15, 0.2) is 0 Å². The highest BCUT2D eigenvalue weighted by molar-refractivity contribution is 6.93. The molecule has 2 atom stereocenters. The molecule has 2 aliphatic carbocycles. The first kappa shape index (κ1) is 22.9. The van der Waals surface area contributed by atoms with Crippen LogP contribution in [0.15, 0.2) is 59.2 Å². The molecule has 4 aliphatic rings. The van der Waals surface area contributed by atoms with Gasteiger partial charge in [-0.3, -0.25) is 14.6 Å². The number of hydrogen-bond donors (Lipinski definition) is 0. The minimum atomic E-state index is -2.86. The minimum absolute atomic E-state index is 0.0204. The molecule has 7 heteroatoms. The smallest absolute Gasteiger partial charge is 0.267 e. The molecule has 1 saturated heterocycles. The molecule has 1 radical (unpaired) electrons. The van der Waals surface area contributed by atoms with Crippen LogP contribution in [0.1, 0.15) is 56.1 Å². The SMILES string of the molecule is CC(F)(F)C1=C(c2cccc(C3CC(C4CCN(C(=O)C5=NC=C[B]5)CC4)CC3=O)c2)C=CC1. The van der Waals surface area contributed by atoms with Gasteiger partial charge in [0.1, 0.15) is 5.78 Å². The summed E-state index contributed by atoms with van der Waals surface area (Å²) in [7, 11) is 1.74. The fourth-order valence-electron chi connectivity index (χ4n) is 5.88. The number of benzene rings is 1. The number of ketones is 1. The third kappa shape index (κ3) is 4.45. The summed E-state index contributed by atoms with van der Waals surface area (Å²) >= 11 is 0. The van der Waals surface area contributed by atoms with Crippen molar-refractivity contribution >= 4 is 30.2 Å². The molecular formula is C27H28BF2N2O2. The fourth-order valence-corrected chi connectivity index (χ4v) is 5.88. The fraction of sp³-hybridized carbons (Fsp3) is 0.444. The van der Waals surface area contributed by atoms with Crippen LogP contribution in [0.2, 0.25) is 0 Å². The zero-order valence-electron chi connectivity index (χ0n) is 19.3. The predicted molar refractivity (Wildman–Crippen MR) is 130 cm³/mol. The van der Waals surface area contributed by atoms with Crippen LogP contribution in [0.3, 0.4) is 0 Å². The lowest BCUT2D eigenvalue weighted by Crippen LogP contribution is -2.44. The number of hydrogen-bond acceptors (Lipinski definition) is 3. The van der Waals surface area contributed by atoms with Crippen molar-refractivity contribution in [2.45, 2.75) is 50.9 Å². The maximum Gasteiger partial charge on any atom is 0.267 e. The summed E-state index contributed by atoms with van der Waals surface area (Å²) < 4.78 is 28.1. The number of allylic oxidation sites excluding steroid dienone is 4. The number of aliphatic imine (C=N–C) groups is 1. The van der Waals surface area contributed by atoms with E-state index in [1.807, 2.05) is 29.2 Å². The van der Waals surface area contributed by atoms with Gasteiger partial charge in [-0.05, 0) is 54.2 Å². The van der Waals surface area contributed by atoms with Crippen LogP contribution in [0.4, 0.5) is 8.78 Å². The van der Waals surface area contributed by atoms with E-state index in [1.165, 1.54) is 0 Å². The number of Topliss-reactive ketones (excluding diaryl/α,β-unsaturated/α-hetero) is 1. The Morgan fingerprint density at radius 2 is 2.00 bits per heavy atom. The number of nitrogens with zero attached hydrogens (tertiary/aromatic N) is 2. The van der Waals surface area contributed by atoms with E-state index in [4.69, 9.17) is 0 Å². The molecule has 1 saturated carbocycles. The number of piperidine rings is 1. The van der Waals surface area contributed by atoms with E-state index < -0.39 is 5.92 Å². The number of amides is 1. The van der Waals surface area contributed by atoms with E-state index >= 15 is 0 Å². The molecule has 0 bridgehead atoms. The number of likely N-dealkylation sites (tertiary alicyclic amines) is 1. The van der Waals surface area contributed by atoms with Crippen LogP contribution >= 0.6 is 0 Å². The van der Waals surface area contributed by atoms with Crippen molar-refractivity contribution in [1.29, 1.82) is 0 Å². The molecule has 5 rings (SSSR count). The Kier molecular flexibility index (Phi) is 6.13. The van der Waals surface area contributed by atoms with Crippen LogP contribution in [0.25, 0.3) is 5.57 Å². The van der Waals surface area contributed by atoms with E-state index in [0.29, 0.717) is 42.5 Å². The quantitative estimate of drug-likeness (QED) is 0.583. The Labute approximate surface area is 199 Å². The molecule has 2 heterocycles. The van der Waals surface area contributed by atoms with E-state index in [9.17, 15) is 18.4 Å². The van der Waals surface area contributed by atoms with Gasteiger partial charge in [0.05, 0.1) is 5.61 Å². The second-order valence-electron chi connectivity index (χ2n) is 9.88. The first-order chi connectivity index (χ1) is 16.3. The van der Waals surface area contributed by atoms with Gasteiger partial charge in [-0.15, -0.1) is 0 Å². The number of rotatable bonds is 5.